The van der Waals surface area contributed by atoms with Crippen LogP contribution in [0.1, 0.15) is 37.2 Å². The normalized spacial score (nSPS) is 22.4. The first kappa shape index (κ1) is 12.0. The minimum Gasteiger partial charge on any atom is -0.316 e. The predicted octanol–water partition coefficient (Wildman–Crippen LogP) is 2.18. The van der Waals surface area contributed by atoms with Crippen LogP contribution < -0.4 is 10.6 Å². The summed E-state index contributed by atoms with van der Waals surface area (Å²) in [6.45, 7) is 5.74. The van der Waals surface area contributed by atoms with E-state index >= 15 is 0 Å². The maximum atomic E-state index is 4.38. The number of hydrogen-bond donors (Lipinski definition) is 2. The first-order chi connectivity index (χ1) is 7.90. The number of nitrogens with one attached hydrogen (secondary N) is 2. The van der Waals surface area contributed by atoms with Gasteiger partial charge in [0.1, 0.15) is 5.01 Å². The van der Waals surface area contributed by atoms with Gasteiger partial charge in [-0.1, -0.05) is 6.92 Å². The third kappa shape index (κ3) is 3.27. The lowest BCUT2D eigenvalue weighted by Crippen LogP contribution is -2.24. The molecular weight excluding hydrogens is 218 g/mol. The van der Waals surface area contributed by atoms with Gasteiger partial charge < -0.3 is 10.6 Å². The van der Waals surface area contributed by atoms with Crippen LogP contribution in [-0.4, -0.2) is 24.6 Å². The van der Waals surface area contributed by atoms with Crippen LogP contribution in [0.3, 0.4) is 0 Å². The van der Waals surface area contributed by atoms with Gasteiger partial charge in [-0.05, 0) is 44.8 Å². The third-order valence-corrected chi connectivity index (χ3v) is 4.15. The Morgan fingerprint density at radius 1 is 1.69 bits per heavy atom. The SMILES string of the molecule is CCC(NCCC1CCNC1)c1nccs1. The fourth-order valence-corrected chi connectivity index (χ4v) is 3.03. The van der Waals surface area contributed by atoms with Crippen molar-refractivity contribution in [3.8, 4) is 0 Å². The largest absolute Gasteiger partial charge is 0.316 e. The van der Waals surface area contributed by atoms with Crippen molar-refractivity contribution in [2.75, 3.05) is 19.6 Å². The molecule has 0 spiro atoms. The van der Waals surface area contributed by atoms with Crippen LogP contribution in [0.4, 0.5) is 0 Å². The topological polar surface area (TPSA) is 37.0 Å². The molecule has 0 amide bonds. The lowest BCUT2D eigenvalue weighted by molar-refractivity contribution is 0.451. The zero-order valence-corrected chi connectivity index (χ0v) is 10.7. The lowest BCUT2D eigenvalue weighted by Gasteiger charge is -2.16. The van der Waals surface area contributed by atoms with E-state index in [1.807, 2.05) is 6.20 Å². The summed E-state index contributed by atoms with van der Waals surface area (Å²) in [6.07, 6.45) is 5.65. The molecule has 3 nitrogen and oxygen atoms in total. The summed E-state index contributed by atoms with van der Waals surface area (Å²) < 4.78 is 0. The first-order valence-corrected chi connectivity index (χ1v) is 7.11. The standard InChI is InChI=1S/C12H21N3S/c1-2-11(12-15-7-8-16-12)14-6-4-10-3-5-13-9-10/h7-8,10-11,13-14H,2-6,9H2,1H3. The van der Waals surface area contributed by atoms with E-state index < -0.39 is 0 Å². The molecule has 1 saturated heterocycles. The average molecular weight is 239 g/mol. The zero-order valence-electron chi connectivity index (χ0n) is 9.91. The lowest BCUT2D eigenvalue weighted by atomic mass is 10.0. The van der Waals surface area contributed by atoms with Gasteiger partial charge in [0.2, 0.25) is 0 Å². The van der Waals surface area contributed by atoms with Crippen molar-refractivity contribution in [1.82, 2.24) is 15.6 Å². The Balaban J connectivity index is 1.71. The molecular formula is C12H21N3S. The number of aromatic nitrogens is 1. The second kappa shape index (κ2) is 6.33. The van der Waals surface area contributed by atoms with Gasteiger partial charge in [0.05, 0.1) is 6.04 Å². The van der Waals surface area contributed by atoms with Crippen LogP contribution in [0.25, 0.3) is 0 Å². The van der Waals surface area contributed by atoms with Gasteiger partial charge in [-0.15, -0.1) is 11.3 Å². The number of rotatable bonds is 6. The summed E-state index contributed by atoms with van der Waals surface area (Å²) in [7, 11) is 0. The molecule has 0 bridgehead atoms. The van der Waals surface area contributed by atoms with Crippen LogP contribution in [0, 0.1) is 5.92 Å². The highest BCUT2D eigenvalue weighted by Gasteiger charge is 2.15. The molecule has 0 aliphatic carbocycles. The Hall–Kier alpha value is -0.450. The van der Waals surface area contributed by atoms with E-state index in [9.17, 15) is 0 Å². The molecule has 1 aromatic heterocycles. The van der Waals surface area contributed by atoms with Crippen LogP contribution in [-0.2, 0) is 0 Å². The molecule has 1 fully saturated rings. The molecule has 2 heterocycles. The van der Waals surface area contributed by atoms with Gasteiger partial charge in [0.15, 0.2) is 0 Å². The molecule has 0 aromatic carbocycles. The fraction of sp³-hybridized carbons (Fsp3) is 0.750. The Kier molecular flexibility index (Phi) is 4.75. The fourth-order valence-electron chi connectivity index (χ4n) is 2.24. The van der Waals surface area contributed by atoms with Crippen molar-refractivity contribution in [3.63, 3.8) is 0 Å². The average Bonchev–Trinajstić information content (AvgIpc) is 2.96. The molecule has 2 unspecified atom stereocenters. The Bertz CT molecular complexity index is 280. The minimum atomic E-state index is 0.453. The number of hydrogen-bond acceptors (Lipinski definition) is 4. The van der Waals surface area contributed by atoms with Crippen molar-refractivity contribution >= 4 is 11.3 Å². The van der Waals surface area contributed by atoms with Gasteiger partial charge in [0, 0.05) is 11.6 Å². The maximum absolute atomic E-state index is 4.38. The van der Waals surface area contributed by atoms with Gasteiger partial charge in [-0.25, -0.2) is 4.98 Å². The molecule has 1 aliphatic rings. The summed E-state index contributed by atoms with van der Waals surface area (Å²) in [5.41, 5.74) is 0. The summed E-state index contributed by atoms with van der Waals surface area (Å²) in [5.74, 6) is 0.876. The second-order valence-corrected chi connectivity index (χ2v) is 5.36. The zero-order chi connectivity index (χ0) is 11.2. The summed E-state index contributed by atoms with van der Waals surface area (Å²) in [4.78, 5) is 4.38. The molecule has 0 radical (unpaired) electrons. The van der Waals surface area contributed by atoms with Gasteiger partial charge in [-0.3, -0.25) is 0 Å². The van der Waals surface area contributed by atoms with Crippen molar-refractivity contribution in [1.29, 1.82) is 0 Å². The van der Waals surface area contributed by atoms with Crippen LogP contribution in [0.2, 0.25) is 0 Å². The van der Waals surface area contributed by atoms with Crippen molar-refractivity contribution in [2.24, 2.45) is 5.92 Å². The highest BCUT2D eigenvalue weighted by atomic mass is 32.1. The number of thiazole rings is 1. The van der Waals surface area contributed by atoms with Gasteiger partial charge >= 0.3 is 0 Å². The molecule has 1 aromatic rings. The molecule has 90 valence electrons. The van der Waals surface area contributed by atoms with Crippen LogP contribution in [0.15, 0.2) is 11.6 Å². The van der Waals surface area contributed by atoms with E-state index in [4.69, 9.17) is 0 Å². The highest BCUT2D eigenvalue weighted by Crippen LogP contribution is 2.19. The Morgan fingerprint density at radius 3 is 3.25 bits per heavy atom. The third-order valence-electron chi connectivity index (χ3n) is 3.26. The molecule has 1 aliphatic heterocycles. The van der Waals surface area contributed by atoms with Crippen LogP contribution in [0.5, 0.6) is 0 Å². The number of nitrogens with zero attached hydrogens (tertiary/aromatic N) is 1. The van der Waals surface area contributed by atoms with Crippen molar-refractivity contribution in [3.05, 3.63) is 16.6 Å². The molecule has 2 rings (SSSR count). The summed E-state index contributed by atoms with van der Waals surface area (Å²) in [5, 5.41) is 10.3. The second-order valence-electron chi connectivity index (χ2n) is 4.43. The van der Waals surface area contributed by atoms with E-state index in [1.165, 1.54) is 30.9 Å². The monoisotopic (exact) mass is 239 g/mol. The Morgan fingerprint density at radius 2 is 2.62 bits per heavy atom. The van der Waals surface area contributed by atoms with Gasteiger partial charge in [0.25, 0.3) is 0 Å². The molecule has 4 heteroatoms. The van der Waals surface area contributed by atoms with E-state index in [2.05, 4.69) is 27.9 Å². The minimum absolute atomic E-state index is 0.453. The smallest absolute Gasteiger partial charge is 0.109 e. The van der Waals surface area contributed by atoms with E-state index in [0.717, 1.165) is 18.9 Å². The summed E-state index contributed by atoms with van der Waals surface area (Å²) in [6, 6.07) is 0.453. The van der Waals surface area contributed by atoms with Crippen LogP contribution >= 0.6 is 11.3 Å². The first-order valence-electron chi connectivity index (χ1n) is 6.23. The van der Waals surface area contributed by atoms with Crippen molar-refractivity contribution < 1.29 is 0 Å². The highest BCUT2D eigenvalue weighted by molar-refractivity contribution is 7.09. The van der Waals surface area contributed by atoms with Gasteiger partial charge in [-0.2, -0.15) is 0 Å². The van der Waals surface area contributed by atoms with E-state index in [-0.39, 0.29) is 0 Å². The van der Waals surface area contributed by atoms with E-state index in [1.54, 1.807) is 11.3 Å². The quantitative estimate of drug-likeness (QED) is 0.799. The predicted molar refractivity (Wildman–Crippen MR) is 68.7 cm³/mol. The molecule has 0 saturated carbocycles. The molecule has 2 atom stereocenters. The molecule has 16 heavy (non-hydrogen) atoms. The maximum Gasteiger partial charge on any atom is 0.109 e. The van der Waals surface area contributed by atoms with E-state index in [0.29, 0.717) is 6.04 Å². The molecule has 2 N–H and O–H groups in total. The summed E-state index contributed by atoms with van der Waals surface area (Å²) >= 11 is 1.75. The Labute approximate surface area is 102 Å². The van der Waals surface area contributed by atoms with Crippen molar-refractivity contribution in [2.45, 2.75) is 32.2 Å².